The number of fused-ring (bicyclic) bond motifs is 1. The van der Waals surface area contributed by atoms with Gasteiger partial charge in [-0.3, -0.25) is 0 Å². The Morgan fingerprint density at radius 2 is 1.92 bits per heavy atom. The molecule has 1 aromatic heterocycles. The second kappa shape index (κ2) is 3.03. The summed E-state index contributed by atoms with van der Waals surface area (Å²) in [4.78, 5) is 0. The number of benzene rings is 1. The molecule has 0 bridgehead atoms. The predicted molar refractivity (Wildman–Crippen MR) is 60.0 cm³/mol. The topological polar surface area (TPSA) is 4.93 Å². The lowest BCUT2D eigenvalue weighted by Gasteiger charge is -2.05. The van der Waals surface area contributed by atoms with Gasteiger partial charge in [-0.15, -0.1) is 0 Å². The van der Waals surface area contributed by atoms with Gasteiger partial charge < -0.3 is 4.57 Å². The molecule has 1 radical (unpaired) electrons. The summed E-state index contributed by atoms with van der Waals surface area (Å²) in [7, 11) is 1.76. The van der Waals surface area contributed by atoms with Crippen LogP contribution in [0.5, 0.6) is 0 Å². The van der Waals surface area contributed by atoms with Gasteiger partial charge in [0.05, 0.1) is 8.80 Å². The van der Waals surface area contributed by atoms with Crippen molar-refractivity contribution < 1.29 is 0 Å². The number of hydrogen-bond donors (Lipinski definition) is 0. The van der Waals surface area contributed by atoms with Crippen LogP contribution in [-0.4, -0.2) is 13.4 Å². The Kier molecular flexibility index (Phi) is 2.00. The van der Waals surface area contributed by atoms with Crippen molar-refractivity contribution in [3.8, 4) is 0 Å². The summed E-state index contributed by atoms with van der Waals surface area (Å²) in [5.41, 5.74) is 1.35. The van der Waals surface area contributed by atoms with Crippen LogP contribution in [0.4, 0.5) is 0 Å². The average molecular weight is 188 g/mol. The highest BCUT2D eigenvalue weighted by Gasteiger charge is 2.06. The van der Waals surface area contributed by atoms with Crippen LogP contribution < -0.4 is 5.19 Å². The van der Waals surface area contributed by atoms with Crippen molar-refractivity contribution in [1.29, 1.82) is 0 Å². The van der Waals surface area contributed by atoms with E-state index in [-0.39, 0.29) is 8.80 Å². The smallest absolute Gasteiger partial charge is 0.0800 e. The van der Waals surface area contributed by atoms with E-state index in [9.17, 15) is 0 Å². The van der Waals surface area contributed by atoms with E-state index in [0.29, 0.717) is 0 Å². The number of rotatable bonds is 1. The van der Waals surface area contributed by atoms with Crippen molar-refractivity contribution in [2.45, 2.75) is 13.1 Å². The van der Waals surface area contributed by atoms with Gasteiger partial charge in [0.1, 0.15) is 0 Å². The van der Waals surface area contributed by atoms with Gasteiger partial charge in [-0.25, -0.2) is 0 Å². The molecule has 0 fully saturated rings. The van der Waals surface area contributed by atoms with E-state index in [4.69, 9.17) is 0 Å². The summed E-state index contributed by atoms with van der Waals surface area (Å²) < 4.78 is 2.18. The third kappa shape index (κ3) is 1.31. The van der Waals surface area contributed by atoms with E-state index in [1.807, 2.05) is 0 Å². The highest BCUT2D eigenvalue weighted by atomic mass is 28.3. The molecule has 67 valence electrons. The van der Waals surface area contributed by atoms with E-state index in [1.165, 1.54) is 10.9 Å². The number of aromatic nitrogens is 1. The number of hydrogen-bond acceptors (Lipinski definition) is 0. The van der Waals surface area contributed by atoms with Crippen molar-refractivity contribution in [2.24, 2.45) is 7.05 Å². The Hall–Kier alpha value is -1.02. The molecule has 1 aromatic carbocycles. The lowest BCUT2D eigenvalue weighted by atomic mass is 10.2. The molecule has 2 rings (SSSR count). The Morgan fingerprint density at radius 3 is 2.62 bits per heavy atom. The minimum absolute atomic E-state index is 0.337. The largest absolute Gasteiger partial charge is 0.351 e. The third-order valence-corrected chi connectivity index (χ3v) is 3.98. The van der Waals surface area contributed by atoms with Crippen LogP contribution in [0.1, 0.15) is 0 Å². The van der Waals surface area contributed by atoms with E-state index in [1.54, 1.807) is 5.19 Å². The van der Waals surface area contributed by atoms with Crippen molar-refractivity contribution >= 4 is 24.9 Å². The number of aryl methyl sites for hydroxylation is 1. The molecule has 2 heteroatoms. The molecule has 0 aliphatic carbocycles. The lowest BCUT2D eigenvalue weighted by molar-refractivity contribution is 0.969. The van der Waals surface area contributed by atoms with E-state index >= 15 is 0 Å². The molecule has 13 heavy (non-hydrogen) atoms. The molecule has 2 aromatic rings. The van der Waals surface area contributed by atoms with Crippen molar-refractivity contribution in [3.63, 3.8) is 0 Å². The highest BCUT2D eigenvalue weighted by molar-refractivity contribution is 6.73. The van der Waals surface area contributed by atoms with Crippen LogP contribution in [0.25, 0.3) is 10.9 Å². The normalized spacial score (nSPS) is 11.4. The Balaban J connectivity index is 2.77. The summed E-state index contributed by atoms with van der Waals surface area (Å²) in [5, 5.41) is 2.98. The Labute approximate surface area is 80.6 Å². The first kappa shape index (κ1) is 8.57. The maximum Gasteiger partial charge on any atom is 0.0800 e. The van der Waals surface area contributed by atoms with Gasteiger partial charge in [0.15, 0.2) is 0 Å². The van der Waals surface area contributed by atoms with Crippen LogP contribution in [0.3, 0.4) is 0 Å². The standard InChI is InChI=1S/C11H14NSi/c1-12-8-7-9-10(12)5-4-6-11(9)13(2)3/h4-8H,1-3H3. The zero-order valence-electron chi connectivity index (χ0n) is 8.33. The fraction of sp³-hybridized carbons (Fsp3) is 0.273. The molecular weight excluding hydrogens is 174 g/mol. The molecule has 0 spiro atoms. The molecule has 1 heterocycles. The van der Waals surface area contributed by atoms with Crippen molar-refractivity contribution in [3.05, 3.63) is 30.5 Å². The summed E-state index contributed by atoms with van der Waals surface area (Å²) in [6.07, 6.45) is 2.14. The zero-order chi connectivity index (χ0) is 9.42. The van der Waals surface area contributed by atoms with Crippen LogP contribution in [0, 0.1) is 0 Å². The third-order valence-electron chi connectivity index (χ3n) is 2.47. The highest BCUT2D eigenvalue weighted by Crippen LogP contribution is 2.12. The van der Waals surface area contributed by atoms with E-state index in [2.05, 4.69) is 55.2 Å². The van der Waals surface area contributed by atoms with Gasteiger partial charge in [0.25, 0.3) is 0 Å². The molecule has 0 amide bonds. The summed E-state index contributed by atoms with van der Waals surface area (Å²) >= 11 is 0. The fourth-order valence-electron chi connectivity index (χ4n) is 1.74. The van der Waals surface area contributed by atoms with E-state index in [0.717, 1.165) is 0 Å². The molecule has 0 saturated carbocycles. The van der Waals surface area contributed by atoms with Gasteiger partial charge in [-0.1, -0.05) is 30.4 Å². The van der Waals surface area contributed by atoms with Gasteiger partial charge in [-0.2, -0.15) is 0 Å². The first-order valence-corrected chi connectivity index (χ1v) is 7.05. The minimum Gasteiger partial charge on any atom is -0.351 e. The second-order valence-corrected chi connectivity index (χ2v) is 6.20. The lowest BCUT2D eigenvalue weighted by Crippen LogP contribution is -2.22. The zero-order valence-corrected chi connectivity index (χ0v) is 9.33. The quantitative estimate of drug-likeness (QED) is 0.604. The average Bonchev–Trinajstić information content (AvgIpc) is 2.48. The maximum absolute atomic E-state index is 2.34. The molecule has 0 saturated heterocycles. The Bertz CT molecular complexity index is 429. The van der Waals surface area contributed by atoms with Gasteiger partial charge in [0, 0.05) is 18.8 Å². The Morgan fingerprint density at radius 1 is 1.15 bits per heavy atom. The van der Waals surface area contributed by atoms with Crippen LogP contribution in [0.2, 0.25) is 13.1 Å². The monoisotopic (exact) mass is 188 g/mol. The van der Waals surface area contributed by atoms with Crippen molar-refractivity contribution in [1.82, 2.24) is 4.57 Å². The van der Waals surface area contributed by atoms with Crippen LogP contribution >= 0.6 is 0 Å². The molecule has 0 unspecified atom stereocenters. The maximum atomic E-state index is 2.34. The molecule has 0 atom stereocenters. The minimum atomic E-state index is -0.337. The summed E-state index contributed by atoms with van der Waals surface area (Å²) in [6.45, 7) is 4.68. The fourth-order valence-corrected chi connectivity index (χ4v) is 2.92. The van der Waals surface area contributed by atoms with Crippen LogP contribution in [-0.2, 0) is 7.05 Å². The summed E-state index contributed by atoms with van der Waals surface area (Å²) in [5.74, 6) is 0. The molecule has 0 N–H and O–H groups in total. The number of nitrogens with zero attached hydrogens (tertiary/aromatic N) is 1. The first-order chi connectivity index (χ1) is 6.20. The van der Waals surface area contributed by atoms with Gasteiger partial charge in [-0.05, 0) is 17.5 Å². The van der Waals surface area contributed by atoms with Crippen LogP contribution in [0.15, 0.2) is 30.5 Å². The van der Waals surface area contributed by atoms with Crippen molar-refractivity contribution in [2.75, 3.05) is 0 Å². The first-order valence-electron chi connectivity index (χ1n) is 4.55. The second-order valence-electron chi connectivity index (χ2n) is 3.67. The van der Waals surface area contributed by atoms with E-state index < -0.39 is 0 Å². The van der Waals surface area contributed by atoms with Gasteiger partial charge >= 0.3 is 0 Å². The SMILES string of the molecule is Cn1ccc2c([Si](C)C)cccc21. The molecule has 0 aliphatic rings. The predicted octanol–water partition coefficient (Wildman–Crippen LogP) is 2.14. The molecule has 1 nitrogen and oxygen atoms in total. The summed E-state index contributed by atoms with van der Waals surface area (Å²) in [6, 6.07) is 8.83. The van der Waals surface area contributed by atoms with Gasteiger partial charge in [0.2, 0.25) is 0 Å². The molecular formula is C11H14NSi. The molecule has 0 aliphatic heterocycles.